The summed E-state index contributed by atoms with van der Waals surface area (Å²) in [7, 11) is 0. The predicted molar refractivity (Wildman–Crippen MR) is 113 cm³/mol. The number of hydrogen-bond donors (Lipinski definition) is 2. The Morgan fingerprint density at radius 1 is 1.03 bits per heavy atom. The van der Waals surface area contributed by atoms with E-state index in [-0.39, 0.29) is 13.1 Å². The molecule has 3 rings (SSSR count). The monoisotopic (exact) mass is 405 g/mol. The third-order valence-electron chi connectivity index (χ3n) is 4.73. The number of carboxylic acid groups (broad SMARTS) is 1. The molecule has 0 bridgehead atoms. The van der Waals surface area contributed by atoms with Crippen LogP contribution in [0.1, 0.15) is 11.1 Å². The summed E-state index contributed by atoms with van der Waals surface area (Å²) in [6.45, 7) is 1.65. The molecule has 7 heteroatoms. The zero-order valence-electron chi connectivity index (χ0n) is 16.6. The first-order valence-corrected chi connectivity index (χ1v) is 9.61. The lowest BCUT2D eigenvalue weighted by Crippen LogP contribution is -2.38. The van der Waals surface area contributed by atoms with Crippen molar-refractivity contribution in [1.82, 2.24) is 15.1 Å². The molecule has 30 heavy (non-hydrogen) atoms. The summed E-state index contributed by atoms with van der Waals surface area (Å²) in [5.41, 5.74) is 2.98. The van der Waals surface area contributed by atoms with E-state index in [1.54, 1.807) is 6.07 Å². The first kappa shape index (κ1) is 21.0. The molecule has 1 unspecified atom stereocenters. The van der Waals surface area contributed by atoms with Crippen molar-refractivity contribution in [1.29, 1.82) is 0 Å². The van der Waals surface area contributed by atoms with Gasteiger partial charge in [-0.25, -0.2) is 4.68 Å². The fourth-order valence-corrected chi connectivity index (χ4v) is 3.01. The van der Waals surface area contributed by atoms with E-state index in [4.69, 9.17) is 0 Å². The van der Waals surface area contributed by atoms with Crippen LogP contribution in [-0.2, 0) is 22.6 Å². The number of rotatable bonds is 8. The lowest BCUT2D eigenvalue weighted by molar-refractivity contribution is -0.141. The molecule has 0 saturated heterocycles. The number of benzene rings is 2. The number of aromatic nitrogens is 2. The minimum atomic E-state index is -0.989. The molecule has 2 N–H and O–H groups in total. The van der Waals surface area contributed by atoms with Gasteiger partial charge in [-0.05, 0) is 25.0 Å². The number of aliphatic carboxylic acids is 1. The Morgan fingerprint density at radius 3 is 2.40 bits per heavy atom. The standard InChI is InChI=1S/C23H23N3O4/c1-16-7-9-17(10-8-16)13-19(23(29)30)14-24-21(27)15-26-22(28)12-11-20(25-26)18-5-3-2-4-6-18/h2-12,19H,13-15H2,1H3,(H,24,27)(H,29,30). The van der Waals surface area contributed by atoms with Crippen LogP contribution in [0.3, 0.4) is 0 Å². The molecule has 0 radical (unpaired) electrons. The molecule has 1 heterocycles. The third kappa shape index (κ3) is 5.64. The van der Waals surface area contributed by atoms with Gasteiger partial charge in [0.1, 0.15) is 6.54 Å². The van der Waals surface area contributed by atoms with E-state index in [1.807, 2.05) is 61.5 Å². The molecule has 0 fully saturated rings. The number of amides is 1. The third-order valence-corrected chi connectivity index (χ3v) is 4.73. The Hall–Kier alpha value is -3.74. The summed E-state index contributed by atoms with van der Waals surface area (Å²) in [6.07, 6.45) is 0.303. The van der Waals surface area contributed by atoms with Gasteiger partial charge in [0.25, 0.3) is 5.56 Å². The highest BCUT2D eigenvalue weighted by atomic mass is 16.4. The first-order valence-electron chi connectivity index (χ1n) is 9.61. The van der Waals surface area contributed by atoms with Crippen molar-refractivity contribution in [2.24, 2.45) is 5.92 Å². The van der Waals surface area contributed by atoms with Crippen molar-refractivity contribution in [3.8, 4) is 11.3 Å². The van der Waals surface area contributed by atoms with Crippen LogP contribution in [0.4, 0.5) is 0 Å². The van der Waals surface area contributed by atoms with E-state index in [2.05, 4.69) is 10.4 Å². The smallest absolute Gasteiger partial charge is 0.308 e. The molecule has 3 aromatic rings. The first-order chi connectivity index (χ1) is 14.4. The lowest BCUT2D eigenvalue weighted by Gasteiger charge is -2.14. The van der Waals surface area contributed by atoms with Gasteiger partial charge in [-0.3, -0.25) is 14.4 Å². The number of carboxylic acids is 1. The number of nitrogens with zero attached hydrogens (tertiary/aromatic N) is 2. The van der Waals surface area contributed by atoms with Crippen LogP contribution in [0.25, 0.3) is 11.3 Å². The predicted octanol–water partition coefficient (Wildman–Crippen LogP) is 2.28. The van der Waals surface area contributed by atoms with Crippen molar-refractivity contribution in [3.05, 3.63) is 88.2 Å². The zero-order valence-corrected chi connectivity index (χ0v) is 16.6. The summed E-state index contributed by atoms with van der Waals surface area (Å²) in [5, 5.41) is 16.3. The largest absolute Gasteiger partial charge is 0.481 e. The number of carbonyl (C=O) groups excluding carboxylic acids is 1. The van der Waals surface area contributed by atoms with Gasteiger partial charge in [-0.2, -0.15) is 5.10 Å². The van der Waals surface area contributed by atoms with Crippen LogP contribution >= 0.6 is 0 Å². The lowest BCUT2D eigenvalue weighted by atomic mass is 9.98. The van der Waals surface area contributed by atoms with Crippen LogP contribution in [0.15, 0.2) is 71.5 Å². The highest BCUT2D eigenvalue weighted by Gasteiger charge is 2.19. The molecule has 1 atom stereocenters. The molecular weight excluding hydrogens is 382 g/mol. The van der Waals surface area contributed by atoms with E-state index in [1.165, 1.54) is 6.07 Å². The second-order valence-corrected chi connectivity index (χ2v) is 7.11. The highest BCUT2D eigenvalue weighted by Crippen LogP contribution is 2.14. The second kappa shape index (κ2) is 9.65. The van der Waals surface area contributed by atoms with Crippen molar-refractivity contribution >= 4 is 11.9 Å². The molecular formula is C23H23N3O4. The van der Waals surface area contributed by atoms with Crippen LogP contribution in [0, 0.1) is 12.8 Å². The molecule has 0 aliphatic rings. The van der Waals surface area contributed by atoms with Gasteiger partial charge in [-0.1, -0.05) is 60.2 Å². The van der Waals surface area contributed by atoms with Crippen molar-refractivity contribution in [2.45, 2.75) is 19.9 Å². The van der Waals surface area contributed by atoms with E-state index < -0.39 is 23.4 Å². The van der Waals surface area contributed by atoms with E-state index in [9.17, 15) is 19.5 Å². The Labute approximate surface area is 174 Å². The maximum atomic E-state index is 12.3. The molecule has 2 aromatic carbocycles. The van der Waals surface area contributed by atoms with Crippen molar-refractivity contribution < 1.29 is 14.7 Å². The SMILES string of the molecule is Cc1ccc(CC(CNC(=O)Cn2nc(-c3ccccc3)ccc2=O)C(=O)O)cc1. The van der Waals surface area contributed by atoms with E-state index in [0.717, 1.165) is 21.4 Å². The van der Waals surface area contributed by atoms with Gasteiger partial charge in [-0.15, -0.1) is 0 Å². The molecule has 0 aliphatic heterocycles. The van der Waals surface area contributed by atoms with Gasteiger partial charge in [0, 0.05) is 18.2 Å². The van der Waals surface area contributed by atoms with E-state index in [0.29, 0.717) is 12.1 Å². The number of carbonyl (C=O) groups is 2. The van der Waals surface area contributed by atoms with Crippen molar-refractivity contribution in [3.63, 3.8) is 0 Å². The summed E-state index contributed by atoms with van der Waals surface area (Å²) < 4.78 is 1.08. The minimum absolute atomic E-state index is 0.0326. The van der Waals surface area contributed by atoms with Gasteiger partial charge in [0.05, 0.1) is 11.6 Å². The van der Waals surface area contributed by atoms with Crippen LogP contribution in [0.5, 0.6) is 0 Å². The fourth-order valence-electron chi connectivity index (χ4n) is 3.01. The molecule has 154 valence electrons. The van der Waals surface area contributed by atoms with Gasteiger partial charge >= 0.3 is 5.97 Å². The number of nitrogens with one attached hydrogen (secondary N) is 1. The number of aryl methyl sites for hydroxylation is 1. The summed E-state index contributed by atoms with van der Waals surface area (Å²) >= 11 is 0. The second-order valence-electron chi connectivity index (χ2n) is 7.11. The van der Waals surface area contributed by atoms with Crippen LogP contribution < -0.4 is 10.9 Å². The van der Waals surface area contributed by atoms with Gasteiger partial charge < -0.3 is 10.4 Å². The topological polar surface area (TPSA) is 101 Å². The summed E-state index contributed by atoms with van der Waals surface area (Å²) in [5.74, 6) is -2.22. The quantitative estimate of drug-likeness (QED) is 0.599. The fraction of sp³-hybridized carbons (Fsp3) is 0.217. The highest BCUT2D eigenvalue weighted by molar-refractivity contribution is 5.77. The Kier molecular flexibility index (Phi) is 6.75. The molecule has 0 saturated carbocycles. The maximum Gasteiger partial charge on any atom is 0.308 e. The summed E-state index contributed by atoms with van der Waals surface area (Å²) in [4.78, 5) is 36.0. The molecule has 0 aliphatic carbocycles. The minimum Gasteiger partial charge on any atom is -0.481 e. The molecule has 1 aromatic heterocycles. The average Bonchev–Trinajstić information content (AvgIpc) is 2.74. The molecule has 1 amide bonds. The van der Waals surface area contributed by atoms with E-state index >= 15 is 0 Å². The van der Waals surface area contributed by atoms with Crippen LogP contribution in [0.2, 0.25) is 0 Å². The Morgan fingerprint density at radius 2 is 1.73 bits per heavy atom. The Balaban J connectivity index is 1.63. The van der Waals surface area contributed by atoms with Crippen LogP contribution in [-0.4, -0.2) is 33.3 Å². The van der Waals surface area contributed by atoms with Crippen molar-refractivity contribution in [2.75, 3.05) is 6.54 Å². The molecule has 7 nitrogen and oxygen atoms in total. The normalized spacial score (nSPS) is 11.6. The van der Waals surface area contributed by atoms with Gasteiger partial charge in [0.2, 0.25) is 5.91 Å². The van der Waals surface area contributed by atoms with Gasteiger partial charge in [0.15, 0.2) is 0 Å². The maximum absolute atomic E-state index is 12.3. The molecule has 0 spiro atoms. The number of hydrogen-bond acceptors (Lipinski definition) is 4. The summed E-state index contributed by atoms with van der Waals surface area (Å²) in [6, 6.07) is 19.9. The average molecular weight is 405 g/mol. The Bertz CT molecular complexity index is 1080. The zero-order chi connectivity index (χ0) is 21.5.